The summed E-state index contributed by atoms with van der Waals surface area (Å²) < 4.78 is 14.3. The maximum Gasteiger partial charge on any atom is 0.256 e. The van der Waals surface area contributed by atoms with E-state index in [-0.39, 0.29) is 33.9 Å². The molecule has 0 aliphatic carbocycles. The Morgan fingerprint density at radius 2 is 2.00 bits per heavy atom. The number of nitrogens with one attached hydrogen (secondary N) is 1. The molecular weight excluding hydrogens is 407 g/mol. The van der Waals surface area contributed by atoms with Crippen molar-refractivity contribution in [2.24, 2.45) is 16.5 Å². The van der Waals surface area contributed by atoms with Crippen molar-refractivity contribution in [2.75, 3.05) is 14.1 Å². The van der Waals surface area contributed by atoms with Gasteiger partial charge in [0.2, 0.25) is 0 Å². The number of aromatic nitrogens is 2. The fraction of sp³-hybridized carbons (Fsp3) is 0.0952. The second kappa shape index (κ2) is 8.38. The molecule has 2 heterocycles. The Balaban J connectivity index is 2.04. The van der Waals surface area contributed by atoms with Gasteiger partial charge in [0.25, 0.3) is 5.91 Å². The highest BCUT2D eigenvalue weighted by Crippen LogP contribution is 2.37. The fourth-order valence-corrected chi connectivity index (χ4v) is 3.17. The van der Waals surface area contributed by atoms with E-state index in [0.717, 1.165) is 0 Å². The second-order valence-corrected chi connectivity index (χ2v) is 7.05. The van der Waals surface area contributed by atoms with Gasteiger partial charge in [0.15, 0.2) is 0 Å². The number of aromatic amines is 1. The molecule has 0 radical (unpaired) electrons. The van der Waals surface area contributed by atoms with E-state index in [4.69, 9.17) is 23.1 Å². The van der Waals surface area contributed by atoms with E-state index in [1.807, 2.05) is 0 Å². The summed E-state index contributed by atoms with van der Waals surface area (Å²) in [6.07, 6.45) is 4.38. The van der Waals surface area contributed by atoms with Crippen LogP contribution in [-0.2, 0) is 4.79 Å². The van der Waals surface area contributed by atoms with E-state index < -0.39 is 0 Å². The van der Waals surface area contributed by atoms with Gasteiger partial charge in [-0.1, -0.05) is 36.4 Å². The molecule has 2 aromatic heterocycles. The van der Waals surface area contributed by atoms with Gasteiger partial charge in [0.1, 0.15) is 17.3 Å². The Morgan fingerprint density at radius 1 is 1.30 bits per heavy atom. The summed E-state index contributed by atoms with van der Waals surface area (Å²) in [5.41, 5.74) is 14.0. The van der Waals surface area contributed by atoms with Crippen LogP contribution in [-0.4, -0.2) is 40.7 Å². The zero-order valence-corrected chi connectivity index (χ0v) is 17.2. The molecule has 0 saturated heterocycles. The highest BCUT2D eigenvalue weighted by Gasteiger charge is 2.17. The van der Waals surface area contributed by atoms with Gasteiger partial charge in [-0.3, -0.25) is 4.79 Å². The molecule has 0 bridgehead atoms. The van der Waals surface area contributed by atoms with Crippen LogP contribution in [0.4, 0.5) is 4.39 Å². The van der Waals surface area contributed by atoms with Gasteiger partial charge in [-0.05, 0) is 6.07 Å². The zero-order chi connectivity index (χ0) is 22.0. The third kappa shape index (κ3) is 3.90. The molecule has 3 rings (SSSR count). The number of likely N-dealkylation sites (N-methyl/N-ethyl adjacent to an activating group) is 1. The summed E-state index contributed by atoms with van der Waals surface area (Å²) in [5, 5.41) is 0.810. The molecule has 1 aromatic carbocycles. The van der Waals surface area contributed by atoms with E-state index in [1.165, 1.54) is 23.4 Å². The molecule has 5 N–H and O–H groups in total. The molecule has 154 valence electrons. The van der Waals surface area contributed by atoms with Crippen molar-refractivity contribution >= 4 is 40.1 Å². The van der Waals surface area contributed by atoms with Gasteiger partial charge in [-0.2, -0.15) is 0 Å². The molecule has 0 saturated carbocycles. The van der Waals surface area contributed by atoms with Crippen LogP contribution in [0, 0.1) is 5.82 Å². The second-order valence-electron chi connectivity index (χ2n) is 6.67. The smallest absolute Gasteiger partial charge is 0.256 e. The molecule has 9 heteroatoms. The first-order chi connectivity index (χ1) is 14.2. The number of carbonyl (C=O) groups excluding carboxylic acids is 1. The summed E-state index contributed by atoms with van der Waals surface area (Å²) in [5.74, 6) is -0.827. The van der Waals surface area contributed by atoms with Crippen molar-refractivity contribution in [3.05, 3.63) is 71.4 Å². The summed E-state index contributed by atoms with van der Waals surface area (Å²) in [6.45, 7) is 3.64. The Morgan fingerprint density at radius 3 is 2.67 bits per heavy atom. The minimum atomic E-state index is -0.384. The van der Waals surface area contributed by atoms with Crippen molar-refractivity contribution in [3.63, 3.8) is 0 Å². The lowest BCUT2D eigenvalue weighted by Gasteiger charge is -2.11. The number of benzene rings is 1. The molecule has 0 aliphatic heterocycles. The van der Waals surface area contributed by atoms with Crippen LogP contribution >= 0.6 is 11.6 Å². The number of nitrogens with two attached hydrogens (primary N) is 2. The van der Waals surface area contributed by atoms with Gasteiger partial charge in [0, 0.05) is 48.6 Å². The number of rotatable bonds is 5. The largest absolute Gasteiger partial charge is 0.397 e. The first-order valence-electron chi connectivity index (χ1n) is 8.83. The lowest BCUT2D eigenvalue weighted by molar-refractivity contribution is -0.124. The normalized spacial score (nSPS) is 12.3. The standard InChI is InChI=1S/C21H20ClFN6O/c1-11(21(30)29(2)3)19(25)26-10-16(24)14-9-28-20-17(18(14)22)13(8-27-20)12-6-4-5-7-15(12)23/h4-10H,1,24H2,2-3H3,(H2,25,26)(H,27,28)/b16-10-. The third-order valence-corrected chi connectivity index (χ3v) is 4.82. The maximum atomic E-state index is 14.3. The van der Waals surface area contributed by atoms with Gasteiger partial charge in [-0.25, -0.2) is 14.4 Å². The highest BCUT2D eigenvalue weighted by atomic mass is 35.5. The van der Waals surface area contributed by atoms with Crippen molar-refractivity contribution in [3.8, 4) is 11.1 Å². The molecule has 3 aromatic rings. The number of fused-ring (bicyclic) bond motifs is 1. The van der Waals surface area contributed by atoms with Gasteiger partial charge in [-0.15, -0.1) is 0 Å². The van der Waals surface area contributed by atoms with Crippen LogP contribution in [0.1, 0.15) is 5.56 Å². The number of aliphatic imine (C=N–C) groups is 1. The Kier molecular flexibility index (Phi) is 5.89. The predicted octanol–water partition coefficient (Wildman–Crippen LogP) is 3.28. The van der Waals surface area contributed by atoms with Crippen LogP contribution in [0.2, 0.25) is 5.02 Å². The number of nitrogens with zero attached hydrogens (tertiary/aromatic N) is 3. The van der Waals surface area contributed by atoms with Crippen molar-refractivity contribution in [2.45, 2.75) is 0 Å². The number of H-pyrrole nitrogens is 1. The van der Waals surface area contributed by atoms with Crippen LogP contribution in [0.3, 0.4) is 0 Å². The number of hydrogen-bond acceptors (Lipinski definition) is 4. The van der Waals surface area contributed by atoms with E-state index >= 15 is 0 Å². The van der Waals surface area contributed by atoms with E-state index in [9.17, 15) is 9.18 Å². The molecule has 7 nitrogen and oxygen atoms in total. The maximum absolute atomic E-state index is 14.3. The molecule has 30 heavy (non-hydrogen) atoms. The van der Waals surface area contributed by atoms with Crippen molar-refractivity contribution in [1.82, 2.24) is 14.9 Å². The fourth-order valence-electron chi connectivity index (χ4n) is 2.82. The lowest BCUT2D eigenvalue weighted by atomic mass is 10.0. The Bertz CT molecular complexity index is 1210. The third-order valence-electron chi connectivity index (χ3n) is 4.43. The van der Waals surface area contributed by atoms with Crippen molar-refractivity contribution in [1.29, 1.82) is 0 Å². The van der Waals surface area contributed by atoms with Crippen molar-refractivity contribution < 1.29 is 9.18 Å². The predicted molar refractivity (Wildman–Crippen MR) is 118 cm³/mol. The number of carbonyl (C=O) groups is 1. The number of halogens is 2. The SMILES string of the molecule is C=C(C(=O)N(C)C)C(N)=N/C=C(\N)c1cnc2[nH]cc(-c3ccccc3F)c2c1Cl. The number of amidine groups is 1. The van der Waals surface area contributed by atoms with Crippen LogP contribution < -0.4 is 11.5 Å². The summed E-state index contributed by atoms with van der Waals surface area (Å²) in [4.78, 5) is 24.6. The van der Waals surface area contributed by atoms with Crippen LogP contribution in [0.5, 0.6) is 0 Å². The molecule has 0 spiro atoms. The molecular formula is C21H20ClFN6O. The van der Waals surface area contributed by atoms with Crippen LogP contribution in [0.25, 0.3) is 27.9 Å². The zero-order valence-electron chi connectivity index (χ0n) is 16.4. The van der Waals surface area contributed by atoms with E-state index in [2.05, 4.69) is 21.5 Å². The van der Waals surface area contributed by atoms with Gasteiger partial charge < -0.3 is 21.4 Å². The highest BCUT2D eigenvalue weighted by molar-refractivity contribution is 6.38. The first-order valence-corrected chi connectivity index (χ1v) is 9.20. The summed E-state index contributed by atoms with van der Waals surface area (Å²) >= 11 is 6.59. The Labute approximate surface area is 177 Å². The van der Waals surface area contributed by atoms with Gasteiger partial charge in [0.05, 0.1) is 22.5 Å². The Hall–Kier alpha value is -3.65. The minimum Gasteiger partial charge on any atom is -0.397 e. The van der Waals surface area contributed by atoms with E-state index in [0.29, 0.717) is 27.7 Å². The molecule has 0 atom stereocenters. The average Bonchev–Trinajstić information content (AvgIpc) is 3.16. The average molecular weight is 427 g/mol. The van der Waals surface area contributed by atoms with E-state index in [1.54, 1.807) is 38.5 Å². The first kappa shape index (κ1) is 21.1. The van der Waals surface area contributed by atoms with Gasteiger partial charge >= 0.3 is 0 Å². The summed E-state index contributed by atoms with van der Waals surface area (Å²) in [7, 11) is 3.16. The number of hydrogen-bond donors (Lipinski definition) is 3. The monoisotopic (exact) mass is 426 g/mol. The molecule has 1 amide bonds. The number of pyridine rings is 1. The molecule has 0 unspecified atom stereocenters. The minimum absolute atomic E-state index is 0.0381. The quantitative estimate of drug-likeness (QED) is 0.330. The molecule has 0 fully saturated rings. The van der Waals surface area contributed by atoms with Crippen LogP contribution in [0.15, 0.2) is 60.0 Å². The lowest BCUT2D eigenvalue weighted by Crippen LogP contribution is -2.30. The topological polar surface area (TPSA) is 113 Å². The summed E-state index contributed by atoms with van der Waals surface area (Å²) in [6, 6.07) is 6.36. The number of amides is 1. The molecule has 0 aliphatic rings.